The van der Waals surface area contributed by atoms with Gasteiger partial charge in [0.05, 0.1) is 24.4 Å². The van der Waals surface area contributed by atoms with E-state index in [1.54, 1.807) is 17.1 Å². The summed E-state index contributed by atoms with van der Waals surface area (Å²) in [5, 5.41) is 10.4. The second-order valence-electron chi connectivity index (χ2n) is 7.33. The number of hydrogen-bond donors (Lipinski definition) is 1. The first-order chi connectivity index (χ1) is 14.9. The maximum absolute atomic E-state index is 12.6. The fourth-order valence-electron chi connectivity index (χ4n) is 3.37. The third-order valence-electron chi connectivity index (χ3n) is 4.90. The predicted molar refractivity (Wildman–Crippen MR) is 119 cm³/mol. The van der Waals surface area contributed by atoms with E-state index in [0.29, 0.717) is 12.5 Å². The van der Waals surface area contributed by atoms with E-state index < -0.39 is 0 Å². The minimum atomic E-state index is -0.0762. The number of hydrogen-bond acceptors (Lipinski definition) is 7. The van der Waals surface area contributed by atoms with E-state index >= 15 is 0 Å². The van der Waals surface area contributed by atoms with E-state index in [0.717, 1.165) is 44.6 Å². The van der Waals surface area contributed by atoms with Crippen LogP contribution in [0.1, 0.15) is 33.3 Å². The Balaban J connectivity index is 1.43. The van der Waals surface area contributed by atoms with Crippen LogP contribution in [0.25, 0.3) is 17.2 Å². The summed E-state index contributed by atoms with van der Waals surface area (Å²) in [7, 11) is 0. The van der Waals surface area contributed by atoms with Crippen LogP contribution in [0.4, 0.5) is 0 Å². The molecule has 0 spiro atoms. The maximum atomic E-state index is 12.6. The van der Waals surface area contributed by atoms with Gasteiger partial charge in [0.15, 0.2) is 0 Å². The van der Waals surface area contributed by atoms with Gasteiger partial charge >= 0.3 is 0 Å². The summed E-state index contributed by atoms with van der Waals surface area (Å²) in [6, 6.07) is 5.75. The summed E-state index contributed by atoms with van der Waals surface area (Å²) in [6.45, 7) is 8.08. The van der Waals surface area contributed by atoms with Crippen LogP contribution in [0.15, 0.2) is 36.0 Å². The van der Waals surface area contributed by atoms with Gasteiger partial charge in [-0.3, -0.25) is 9.78 Å². The molecule has 0 saturated heterocycles. The Bertz CT molecular complexity index is 1210. The minimum absolute atomic E-state index is 0.0762. The number of amides is 1. The number of carbonyl (C=O) groups is 1. The molecule has 0 aliphatic heterocycles. The van der Waals surface area contributed by atoms with E-state index in [9.17, 15) is 4.79 Å². The van der Waals surface area contributed by atoms with Crippen LogP contribution in [0.5, 0.6) is 0 Å². The van der Waals surface area contributed by atoms with Gasteiger partial charge in [0.1, 0.15) is 5.01 Å². The molecule has 0 aromatic carbocycles. The zero-order chi connectivity index (χ0) is 22.0. The maximum Gasteiger partial charge on any atom is 0.251 e. The minimum Gasteiger partial charge on any atom is -0.349 e. The zero-order valence-corrected chi connectivity index (χ0v) is 18.7. The van der Waals surface area contributed by atoms with Crippen molar-refractivity contribution in [1.29, 1.82) is 0 Å². The molecule has 0 aliphatic carbocycles. The van der Waals surface area contributed by atoms with Gasteiger partial charge in [-0.2, -0.15) is 5.10 Å². The molecule has 31 heavy (non-hydrogen) atoms. The van der Waals surface area contributed by atoms with Crippen LogP contribution in [0.3, 0.4) is 0 Å². The molecule has 4 rings (SSSR count). The quantitative estimate of drug-likeness (QED) is 0.501. The molecule has 0 bridgehead atoms. The molecular formula is C22H23N7OS. The second-order valence-corrected chi connectivity index (χ2v) is 8.27. The van der Waals surface area contributed by atoms with Gasteiger partial charge in [-0.1, -0.05) is 0 Å². The average molecular weight is 434 g/mol. The highest BCUT2D eigenvalue weighted by Crippen LogP contribution is 2.21. The van der Waals surface area contributed by atoms with Gasteiger partial charge in [0.25, 0.3) is 5.95 Å². The first-order valence-electron chi connectivity index (χ1n) is 9.90. The first kappa shape index (κ1) is 20.8. The van der Waals surface area contributed by atoms with Crippen LogP contribution in [0, 0.1) is 27.7 Å². The summed E-state index contributed by atoms with van der Waals surface area (Å²) in [5.41, 5.74) is 6.20. The van der Waals surface area contributed by atoms with Crippen LogP contribution < -0.4 is 5.32 Å². The number of aromatic nitrogens is 6. The molecular weight excluding hydrogens is 410 g/mol. The molecule has 0 atom stereocenters. The molecule has 4 heterocycles. The van der Waals surface area contributed by atoms with E-state index in [1.165, 1.54) is 11.3 Å². The van der Waals surface area contributed by atoms with Crippen molar-refractivity contribution in [2.45, 2.75) is 40.7 Å². The Kier molecular flexibility index (Phi) is 5.85. The van der Waals surface area contributed by atoms with Gasteiger partial charge in [-0.15, -0.1) is 11.3 Å². The highest BCUT2D eigenvalue weighted by molar-refractivity contribution is 7.09. The highest BCUT2D eigenvalue weighted by Gasteiger charge is 2.18. The Morgan fingerprint density at radius 2 is 1.77 bits per heavy atom. The Morgan fingerprint density at radius 3 is 2.48 bits per heavy atom. The molecule has 0 unspecified atom stereocenters. The largest absolute Gasteiger partial charge is 0.349 e. The topological polar surface area (TPSA) is 98.5 Å². The normalized spacial score (nSPS) is 11.0. The van der Waals surface area contributed by atoms with Gasteiger partial charge in [0.2, 0.25) is 5.91 Å². The summed E-state index contributed by atoms with van der Waals surface area (Å²) >= 11 is 1.52. The van der Waals surface area contributed by atoms with Crippen LogP contribution in [0.2, 0.25) is 0 Å². The summed E-state index contributed by atoms with van der Waals surface area (Å²) in [6.07, 6.45) is 3.72. The van der Waals surface area contributed by atoms with E-state index in [4.69, 9.17) is 0 Å². The van der Waals surface area contributed by atoms with Gasteiger partial charge < -0.3 is 5.32 Å². The molecule has 0 aliphatic rings. The number of aryl methyl sites for hydroxylation is 3. The lowest BCUT2D eigenvalue weighted by molar-refractivity contribution is -0.120. The third kappa shape index (κ3) is 4.66. The summed E-state index contributed by atoms with van der Waals surface area (Å²) in [4.78, 5) is 30.2. The van der Waals surface area contributed by atoms with Crippen molar-refractivity contribution in [3.05, 3.63) is 69.3 Å². The lowest BCUT2D eigenvalue weighted by Crippen LogP contribution is -2.25. The number of pyridine rings is 1. The van der Waals surface area contributed by atoms with Crippen molar-refractivity contribution in [2.75, 3.05) is 0 Å². The molecule has 1 amide bonds. The average Bonchev–Trinajstić information content (AvgIpc) is 3.32. The Hall–Kier alpha value is -3.46. The Labute approximate surface area is 184 Å². The van der Waals surface area contributed by atoms with Crippen molar-refractivity contribution in [3.8, 4) is 17.2 Å². The Morgan fingerprint density at radius 1 is 1.06 bits per heavy atom. The summed E-state index contributed by atoms with van der Waals surface area (Å²) < 4.78 is 1.71. The summed E-state index contributed by atoms with van der Waals surface area (Å²) in [5.74, 6) is 0.448. The van der Waals surface area contributed by atoms with Gasteiger partial charge in [0, 0.05) is 46.0 Å². The molecule has 4 aromatic rings. The standard InChI is InChI=1S/C22H23N7OS/c1-13-9-14(2)26-22(25-13)29-16(4)18(15(3)28-29)10-20(30)24-11-21-27-19(12-31-21)17-5-7-23-8-6-17/h5-9,12H,10-11H2,1-4H3,(H,24,30). The zero-order valence-electron chi connectivity index (χ0n) is 17.9. The van der Waals surface area contributed by atoms with Crippen molar-refractivity contribution in [3.63, 3.8) is 0 Å². The van der Waals surface area contributed by atoms with Crippen molar-refractivity contribution >= 4 is 17.2 Å². The van der Waals surface area contributed by atoms with Gasteiger partial charge in [-0.25, -0.2) is 19.6 Å². The number of rotatable bonds is 6. The highest BCUT2D eigenvalue weighted by atomic mass is 32.1. The van der Waals surface area contributed by atoms with Crippen molar-refractivity contribution < 1.29 is 4.79 Å². The molecule has 158 valence electrons. The van der Waals surface area contributed by atoms with Crippen molar-refractivity contribution in [1.82, 2.24) is 35.0 Å². The molecule has 9 heteroatoms. The number of thiazole rings is 1. The van der Waals surface area contributed by atoms with E-state index in [1.807, 2.05) is 51.3 Å². The van der Waals surface area contributed by atoms with Crippen LogP contribution in [-0.2, 0) is 17.8 Å². The van der Waals surface area contributed by atoms with E-state index in [2.05, 4.69) is 30.4 Å². The van der Waals surface area contributed by atoms with Crippen LogP contribution in [-0.4, -0.2) is 35.6 Å². The predicted octanol–water partition coefficient (Wildman–Crippen LogP) is 3.27. The SMILES string of the molecule is Cc1cc(C)nc(-n2nc(C)c(CC(=O)NCc3nc(-c4ccncc4)cs3)c2C)n1. The number of nitrogens with one attached hydrogen (secondary N) is 1. The fraction of sp³-hybridized carbons (Fsp3) is 0.273. The monoisotopic (exact) mass is 433 g/mol. The van der Waals surface area contributed by atoms with Gasteiger partial charge in [-0.05, 0) is 45.9 Å². The molecule has 8 nitrogen and oxygen atoms in total. The van der Waals surface area contributed by atoms with E-state index in [-0.39, 0.29) is 12.3 Å². The molecule has 0 radical (unpaired) electrons. The van der Waals surface area contributed by atoms with Crippen molar-refractivity contribution in [2.24, 2.45) is 0 Å². The third-order valence-corrected chi connectivity index (χ3v) is 5.75. The second kappa shape index (κ2) is 8.73. The lowest BCUT2D eigenvalue weighted by Gasteiger charge is -2.06. The molecule has 4 aromatic heterocycles. The first-order valence-corrected chi connectivity index (χ1v) is 10.8. The van der Waals surface area contributed by atoms with Crippen LogP contribution >= 0.6 is 11.3 Å². The lowest BCUT2D eigenvalue weighted by atomic mass is 10.1. The molecule has 1 N–H and O–H groups in total. The number of nitrogens with zero attached hydrogens (tertiary/aromatic N) is 6. The molecule has 0 fully saturated rings. The molecule has 0 saturated carbocycles. The fourth-order valence-corrected chi connectivity index (χ4v) is 4.12. The smallest absolute Gasteiger partial charge is 0.251 e. The number of carbonyl (C=O) groups excluding carboxylic acids is 1.